The van der Waals surface area contributed by atoms with Crippen molar-refractivity contribution < 1.29 is 13.9 Å². The maximum Gasteiger partial charge on any atom is 0.210 e. The van der Waals surface area contributed by atoms with Gasteiger partial charge in [0.05, 0.1) is 12.9 Å². The number of Topliss-reactive ketones (excluding diaryl/α,β-unsaturated/α-hetero) is 1. The quantitative estimate of drug-likeness (QED) is 0.423. The van der Waals surface area contributed by atoms with Crippen LogP contribution in [0.15, 0.2) is 46.8 Å². The third kappa shape index (κ3) is 5.05. The van der Waals surface area contributed by atoms with Crippen molar-refractivity contribution in [2.45, 2.75) is 17.7 Å². The largest absolute Gasteiger partial charge is 0.494 e. The van der Waals surface area contributed by atoms with Gasteiger partial charge in [-0.15, -0.1) is 10.2 Å². The van der Waals surface area contributed by atoms with Crippen molar-refractivity contribution in [3.63, 3.8) is 0 Å². The summed E-state index contributed by atoms with van der Waals surface area (Å²) in [6.45, 7) is 2.11. The van der Waals surface area contributed by atoms with Crippen molar-refractivity contribution in [1.29, 1.82) is 0 Å². The molecule has 0 aliphatic carbocycles. The van der Waals surface area contributed by atoms with Crippen LogP contribution in [0.1, 0.15) is 22.8 Å². The lowest BCUT2D eigenvalue weighted by Gasteiger charge is -2.04. The summed E-state index contributed by atoms with van der Waals surface area (Å²) >= 11 is 2.65. The molecule has 1 aromatic heterocycles. The maximum absolute atomic E-state index is 13.7. The van der Waals surface area contributed by atoms with Gasteiger partial charge >= 0.3 is 0 Å². The van der Waals surface area contributed by atoms with Crippen LogP contribution in [0.5, 0.6) is 5.75 Å². The normalized spacial score (nSPS) is 10.6. The Morgan fingerprint density at radius 3 is 2.67 bits per heavy atom. The highest BCUT2D eigenvalue weighted by Crippen LogP contribution is 2.28. The van der Waals surface area contributed by atoms with Gasteiger partial charge < -0.3 is 10.1 Å². The lowest BCUT2D eigenvalue weighted by Crippen LogP contribution is -2.03. The van der Waals surface area contributed by atoms with E-state index in [1.165, 1.54) is 47.9 Å². The van der Waals surface area contributed by atoms with Gasteiger partial charge in [0.1, 0.15) is 0 Å². The number of aromatic nitrogens is 2. The number of carbonyl (C=O) groups is 1. The first kappa shape index (κ1) is 19.3. The van der Waals surface area contributed by atoms with E-state index in [0.717, 1.165) is 12.1 Å². The summed E-state index contributed by atoms with van der Waals surface area (Å²) in [7, 11) is 1.38. The zero-order valence-electron chi connectivity index (χ0n) is 14.9. The Bertz CT molecular complexity index is 929. The number of benzene rings is 2. The molecule has 0 radical (unpaired) electrons. The van der Waals surface area contributed by atoms with E-state index in [0.29, 0.717) is 15.0 Å². The van der Waals surface area contributed by atoms with E-state index in [9.17, 15) is 9.18 Å². The average Bonchev–Trinajstić information content (AvgIpc) is 3.14. The Morgan fingerprint density at radius 1 is 1.22 bits per heavy atom. The van der Waals surface area contributed by atoms with E-state index in [1.54, 1.807) is 6.07 Å². The summed E-state index contributed by atoms with van der Waals surface area (Å²) in [5, 5.41) is 12.0. The van der Waals surface area contributed by atoms with Gasteiger partial charge in [-0.25, -0.2) is 4.39 Å². The van der Waals surface area contributed by atoms with Gasteiger partial charge in [-0.3, -0.25) is 4.79 Å². The van der Waals surface area contributed by atoms with Crippen LogP contribution >= 0.6 is 23.1 Å². The molecule has 0 atom stereocenters. The van der Waals surface area contributed by atoms with Gasteiger partial charge in [-0.2, -0.15) is 0 Å². The number of ether oxygens (including phenoxy) is 1. The van der Waals surface area contributed by atoms with Gasteiger partial charge in [0.15, 0.2) is 21.7 Å². The fraction of sp³-hybridized carbons (Fsp3) is 0.211. The van der Waals surface area contributed by atoms with Gasteiger partial charge in [0.25, 0.3) is 0 Å². The molecule has 140 valence electrons. The van der Waals surface area contributed by atoms with Gasteiger partial charge in [-0.1, -0.05) is 42.2 Å². The SMILES string of the molecule is CCc1ccc(Nc2nnc(SCC(=O)c3ccc(OC)c(F)c3)s2)cc1. The number of carbonyl (C=O) groups excluding carboxylic acids is 1. The molecular weight excluding hydrogens is 385 g/mol. The lowest BCUT2D eigenvalue weighted by molar-refractivity contribution is 0.102. The molecule has 8 heteroatoms. The number of hydrogen-bond acceptors (Lipinski definition) is 7. The molecule has 0 unspecified atom stereocenters. The summed E-state index contributed by atoms with van der Waals surface area (Å²) in [4.78, 5) is 12.2. The van der Waals surface area contributed by atoms with Crippen LogP contribution in [-0.4, -0.2) is 28.8 Å². The molecule has 1 N–H and O–H groups in total. The standard InChI is InChI=1S/C19H18FN3O2S2/c1-3-12-4-7-14(8-5-12)21-18-22-23-19(27-18)26-11-16(24)13-6-9-17(25-2)15(20)10-13/h4-10H,3,11H2,1-2H3,(H,21,22). The topological polar surface area (TPSA) is 64.1 Å². The second kappa shape index (κ2) is 8.96. The lowest BCUT2D eigenvalue weighted by atomic mass is 10.1. The van der Waals surface area contributed by atoms with Crippen LogP contribution in [0.25, 0.3) is 0 Å². The van der Waals surface area contributed by atoms with Gasteiger partial charge in [-0.05, 0) is 42.3 Å². The molecule has 0 aliphatic heterocycles. The van der Waals surface area contributed by atoms with Crippen LogP contribution in [0, 0.1) is 5.82 Å². The van der Waals surface area contributed by atoms with Crippen molar-refractivity contribution >= 4 is 39.7 Å². The van der Waals surface area contributed by atoms with E-state index in [1.807, 2.05) is 12.1 Å². The number of anilines is 2. The Labute approximate surface area is 165 Å². The zero-order chi connectivity index (χ0) is 19.2. The Balaban J connectivity index is 1.57. The van der Waals surface area contributed by atoms with E-state index in [-0.39, 0.29) is 17.3 Å². The molecule has 0 saturated heterocycles. The highest BCUT2D eigenvalue weighted by Gasteiger charge is 2.13. The number of ketones is 1. The van der Waals surface area contributed by atoms with E-state index < -0.39 is 5.82 Å². The molecular formula is C19H18FN3O2S2. The summed E-state index contributed by atoms with van der Waals surface area (Å²) in [5.74, 6) is -0.455. The fourth-order valence-corrected chi connectivity index (χ4v) is 3.98. The summed E-state index contributed by atoms with van der Waals surface area (Å²) < 4.78 is 19.2. The molecule has 0 saturated carbocycles. The number of thioether (sulfide) groups is 1. The minimum Gasteiger partial charge on any atom is -0.494 e. The predicted octanol–water partition coefficient (Wildman–Crippen LogP) is 4.97. The summed E-state index contributed by atoms with van der Waals surface area (Å²) in [6, 6.07) is 12.3. The molecule has 1 heterocycles. The minimum atomic E-state index is -0.551. The van der Waals surface area contributed by atoms with Crippen LogP contribution in [0.3, 0.4) is 0 Å². The van der Waals surface area contributed by atoms with Gasteiger partial charge in [0, 0.05) is 11.3 Å². The van der Waals surface area contributed by atoms with Crippen molar-refractivity contribution in [2.24, 2.45) is 0 Å². The number of hydrogen-bond donors (Lipinski definition) is 1. The first-order valence-corrected chi connectivity index (χ1v) is 10.1. The average molecular weight is 404 g/mol. The number of rotatable bonds is 8. The third-order valence-electron chi connectivity index (χ3n) is 3.82. The van der Waals surface area contributed by atoms with Crippen molar-refractivity contribution in [3.05, 3.63) is 59.4 Å². The van der Waals surface area contributed by atoms with Crippen molar-refractivity contribution in [2.75, 3.05) is 18.2 Å². The number of methoxy groups -OCH3 is 1. The second-order valence-electron chi connectivity index (χ2n) is 5.61. The molecule has 0 spiro atoms. The van der Waals surface area contributed by atoms with Crippen LogP contribution in [-0.2, 0) is 6.42 Å². The van der Waals surface area contributed by atoms with Crippen molar-refractivity contribution in [1.82, 2.24) is 10.2 Å². The Hall–Kier alpha value is -2.45. The van der Waals surface area contributed by atoms with Crippen LogP contribution in [0.4, 0.5) is 15.2 Å². The number of nitrogens with one attached hydrogen (secondary N) is 1. The molecule has 0 bridgehead atoms. The first-order chi connectivity index (χ1) is 13.1. The summed E-state index contributed by atoms with van der Waals surface area (Å²) in [6.07, 6.45) is 0.992. The second-order valence-corrected chi connectivity index (χ2v) is 7.81. The molecule has 5 nitrogen and oxygen atoms in total. The molecule has 27 heavy (non-hydrogen) atoms. The van der Waals surface area contributed by atoms with E-state index in [2.05, 4.69) is 34.6 Å². The van der Waals surface area contributed by atoms with E-state index in [4.69, 9.17) is 4.74 Å². The Kier molecular flexibility index (Phi) is 6.41. The van der Waals surface area contributed by atoms with E-state index >= 15 is 0 Å². The number of halogens is 1. The van der Waals surface area contributed by atoms with Crippen LogP contribution < -0.4 is 10.1 Å². The zero-order valence-corrected chi connectivity index (χ0v) is 16.5. The Morgan fingerprint density at radius 2 is 2.00 bits per heavy atom. The predicted molar refractivity (Wildman–Crippen MR) is 107 cm³/mol. The summed E-state index contributed by atoms with van der Waals surface area (Å²) in [5.41, 5.74) is 2.51. The highest BCUT2D eigenvalue weighted by atomic mass is 32.2. The van der Waals surface area contributed by atoms with Crippen LogP contribution in [0.2, 0.25) is 0 Å². The van der Waals surface area contributed by atoms with Crippen molar-refractivity contribution in [3.8, 4) is 5.75 Å². The highest BCUT2D eigenvalue weighted by molar-refractivity contribution is 8.01. The first-order valence-electron chi connectivity index (χ1n) is 8.28. The molecule has 2 aromatic carbocycles. The van der Waals surface area contributed by atoms with Gasteiger partial charge in [0.2, 0.25) is 5.13 Å². The number of nitrogens with zero attached hydrogens (tertiary/aromatic N) is 2. The molecule has 0 aliphatic rings. The maximum atomic E-state index is 13.7. The molecule has 3 aromatic rings. The smallest absolute Gasteiger partial charge is 0.210 e. The molecule has 0 amide bonds. The fourth-order valence-electron chi connectivity index (χ4n) is 2.32. The number of aryl methyl sites for hydroxylation is 1. The molecule has 3 rings (SSSR count). The molecule has 0 fully saturated rings. The minimum absolute atomic E-state index is 0.117. The monoisotopic (exact) mass is 403 g/mol. The third-order valence-corrected chi connectivity index (χ3v) is 5.79.